The largest absolute Gasteiger partial charge is 0.343 e. The van der Waals surface area contributed by atoms with Gasteiger partial charge < -0.3 is 4.90 Å². The van der Waals surface area contributed by atoms with Crippen molar-refractivity contribution in [1.82, 2.24) is 14.8 Å². The number of aromatic nitrogens is 3. The van der Waals surface area contributed by atoms with Gasteiger partial charge in [-0.15, -0.1) is 5.10 Å². The first-order valence-electron chi connectivity index (χ1n) is 8.31. The summed E-state index contributed by atoms with van der Waals surface area (Å²) in [6.45, 7) is 3.28. The van der Waals surface area contributed by atoms with Gasteiger partial charge >= 0.3 is 5.69 Å². The van der Waals surface area contributed by atoms with Crippen LogP contribution in [-0.2, 0) is 11.3 Å². The first-order valence-corrected chi connectivity index (χ1v) is 9.30. The zero-order chi connectivity index (χ0) is 17.8. The van der Waals surface area contributed by atoms with Crippen molar-refractivity contribution in [2.45, 2.75) is 37.9 Å². The van der Waals surface area contributed by atoms with Crippen molar-refractivity contribution in [3.8, 4) is 0 Å². The second-order valence-corrected chi connectivity index (χ2v) is 6.81. The summed E-state index contributed by atoms with van der Waals surface area (Å²) in [5.41, 5.74) is 1.16. The Morgan fingerprint density at radius 2 is 2.04 bits per heavy atom. The van der Waals surface area contributed by atoms with Crippen LogP contribution in [0, 0.1) is 0 Å². The van der Waals surface area contributed by atoms with Crippen LogP contribution in [0.4, 0.5) is 5.69 Å². The van der Waals surface area contributed by atoms with Gasteiger partial charge in [-0.2, -0.15) is 0 Å². The molecule has 1 aliphatic heterocycles. The Kier molecular flexibility index (Phi) is 5.37. The van der Waals surface area contributed by atoms with Gasteiger partial charge in [0.25, 0.3) is 0 Å². The maximum absolute atomic E-state index is 12.4. The normalized spacial score (nSPS) is 14.3. The van der Waals surface area contributed by atoms with E-state index >= 15 is 0 Å². The Hall–Kier alpha value is -2.35. The molecule has 1 aromatic carbocycles. The fraction of sp³-hybridized carbons (Fsp3) is 0.412. The number of hydrogen-bond donors (Lipinski definition) is 1. The van der Waals surface area contributed by atoms with Crippen LogP contribution in [0.25, 0.3) is 0 Å². The number of H-pyrrole nitrogens is 1. The van der Waals surface area contributed by atoms with Crippen molar-refractivity contribution in [2.75, 3.05) is 17.2 Å². The Morgan fingerprint density at radius 3 is 2.68 bits per heavy atom. The van der Waals surface area contributed by atoms with Gasteiger partial charge in [0.2, 0.25) is 5.91 Å². The molecule has 0 radical (unpaired) electrons. The number of hydrogen-bond acceptors (Lipinski definition) is 5. The minimum absolute atomic E-state index is 0.0391. The summed E-state index contributed by atoms with van der Waals surface area (Å²) in [4.78, 5) is 37.5. The zero-order valence-corrected chi connectivity index (χ0v) is 14.8. The van der Waals surface area contributed by atoms with Crippen molar-refractivity contribution < 1.29 is 9.59 Å². The van der Waals surface area contributed by atoms with Crippen molar-refractivity contribution in [2.24, 2.45) is 0 Å². The average molecular weight is 360 g/mol. The summed E-state index contributed by atoms with van der Waals surface area (Å²) < 4.78 is 1.54. The van der Waals surface area contributed by atoms with Gasteiger partial charge in [-0.1, -0.05) is 18.7 Å². The molecule has 1 aliphatic rings. The molecule has 0 saturated carbocycles. The molecule has 132 valence electrons. The van der Waals surface area contributed by atoms with E-state index in [2.05, 4.69) is 10.2 Å². The average Bonchev–Trinajstić information content (AvgIpc) is 3.20. The summed E-state index contributed by atoms with van der Waals surface area (Å²) in [7, 11) is 0. The van der Waals surface area contributed by atoms with Gasteiger partial charge in [0.05, 0.1) is 5.75 Å². The highest BCUT2D eigenvalue weighted by Gasteiger charge is 2.21. The molecule has 25 heavy (non-hydrogen) atoms. The smallest absolute Gasteiger partial charge is 0.312 e. The molecule has 0 unspecified atom stereocenters. The van der Waals surface area contributed by atoms with E-state index in [1.54, 1.807) is 21.6 Å². The van der Waals surface area contributed by atoms with Crippen molar-refractivity contribution in [3.05, 3.63) is 40.3 Å². The third-order valence-corrected chi connectivity index (χ3v) is 5.05. The second kappa shape index (κ2) is 7.69. The summed E-state index contributed by atoms with van der Waals surface area (Å²) in [5, 5.41) is 6.91. The minimum atomic E-state index is -0.253. The van der Waals surface area contributed by atoms with E-state index in [4.69, 9.17) is 0 Å². The predicted molar refractivity (Wildman–Crippen MR) is 96.2 cm³/mol. The molecule has 1 saturated heterocycles. The van der Waals surface area contributed by atoms with E-state index in [9.17, 15) is 14.4 Å². The van der Waals surface area contributed by atoms with Gasteiger partial charge in [-0.3, -0.25) is 14.2 Å². The number of benzene rings is 1. The highest BCUT2D eigenvalue weighted by atomic mass is 32.2. The summed E-state index contributed by atoms with van der Waals surface area (Å²) in [6.07, 6.45) is 2.28. The molecule has 0 atom stereocenters. The fourth-order valence-corrected chi connectivity index (χ4v) is 3.66. The van der Waals surface area contributed by atoms with Crippen LogP contribution in [0.1, 0.15) is 36.5 Å². The van der Waals surface area contributed by atoms with Crippen LogP contribution >= 0.6 is 11.8 Å². The van der Waals surface area contributed by atoms with E-state index in [0.717, 1.165) is 25.1 Å². The SMILES string of the molecule is CCCn1c(SCC(=O)c2ccc(N3CCCC3=O)cc2)n[nH]c1=O. The number of anilines is 1. The molecule has 1 amide bonds. The van der Waals surface area contributed by atoms with Crippen LogP contribution < -0.4 is 10.6 Å². The summed E-state index contributed by atoms with van der Waals surface area (Å²) >= 11 is 1.25. The highest BCUT2D eigenvalue weighted by molar-refractivity contribution is 7.99. The Balaban J connectivity index is 1.64. The van der Waals surface area contributed by atoms with Crippen LogP contribution in [-0.4, -0.2) is 38.8 Å². The number of carbonyl (C=O) groups is 2. The van der Waals surface area contributed by atoms with Crippen LogP contribution in [0.5, 0.6) is 0 Å². The molecule has 3 rings (SSSR count). The number of nitrogens with one attached hydrogen (secondary N) is 1. The number of rotatable bonds is 7. The molecule has 0 aliphatic carbocycles. The third-order valence-electron chi connectivity index (χ3n) is 4.08. The lowest BCUT2D eigenvalue weighted by molar-refractivity contribution is -0.117. The standard InChI is InChI=1S/C17H20N4O3S/c1-2-9-21-16(24)18-19-17(21)25-11-14(22)12-5-7-13(8-6-12)20-10-3-4-15(20)23/h5-8H,2-4,9-11H2,1H3,(H,18,24). The van der Waals surface area contributed by atoms with E-state index in [1.165, 1.54) is 11.8 Å². The number of Topliss-reactive ketones (excluding diaryl/α,β-unsaturated/α-hetero) is 1. The maximum atomic E-state index is 12.4. The van der Waals surface area contributed by atoms with Gasteiger partial charge in [-0.25, -0.2) is 9.89 Å². The summed E-state index contributed by atoms with van der Waals surface area (Å²) in [5.74, 6) is 0.292. The van der Waals surface area contributed by atoms with Gasteiger partial charge in [0.1, 0.15) is 0 Å². The lowest BCUT2D eigenvalue weighted by atomic mass is 10.1. The van der Waals surface area contributed by atoms with Crippen LogP contribution in [0.3, 0.4) is 0 Å². The van der Waals surface area contributed by atoms with Crippen molar-refractivity contribution in [1.29, 1.82) is 0 Å². The van der Waals surface area contributed by atoms with Crippen LogP contribution in [0.2, 0.25) is 0 Å². The molecule has 0 spiro atoms. The second-order valence-electron chi connectivity index (χ2n) is 5.87. The molecule has 0 bridgehead atoms. The first kappa shape index (κ1) is 17.5. The fourth-order valence-electron chi connectivity index (χ4n) is 2.80. The molecule has 8 heteroatoms. The number of thioether (sulfide) groups is 1. The maximum Gasteiger partial charge on any atom is 0.343 e. The quantitative estimate of drug-likeness (QED) is 0.603. The third kappa shape index (κ3) is 3.84. The monoisotopic (exact) mass is 360 g/mol. The zero-order valence-electron chi connectivity index (χ0n) is 14.0. The van der Waals surface area contributed by atoms with Crippen molar-refractivity contribution >= 4 is 29.1 Å². The lowest BCUT2D eigenvalue weighted by Gasteiger charge is -2.15. The molecule has 1 aromatic heterocycles. The topological polar surface area (TPSA) is 88.1 Å². The molecule has 2 aromatic rings. The van der Waals surface area contributed by atoms with E-state index < -0.39 is 0 Å². The number of aromatic amines is 1. The predicted octanol–water partition coefficient (Wildman–Crippen LogP) is 2.08. The van der Waals surface area contributed by atoms with E-state index in [0.29, 0.717) is 23.7 Å². The molecular formula is C17H20N4O3S. The first-order chi connectivity index (χ1) is 12.1. The number of ketones is 1. The van der Waals surface area contributed by atoms with Crippen LogP contribution in [0.15, 0.2) is 34.2 Å². The minimum Gasteiger partial charge on any atom is -0.312 e. The number of nitrogens with zero attached hydrogens (tertiary/aromatic N) is 3. The lowest BCUT2D eigenvalue weighted by Crippen LogP contribution is -2.23. The Morgan fingerprint density at radius 1 is 1.28 bits per heavy atom. The van der Waals surface area contributed by atoms with Crippen molar-refractivity contribution in [3.63, 3.8) is 0 Å². The molecular weight excluding hydrogens is 340 g/mol. The molecule has 1 N–H and O–H groups in total. The molecule has 7 nitrogen and oxygen atoms in total. The summed E-state index contributed by atoms with van der Waals surface area (Å²) in [6, 6.07) is 7.10. The van der Waals surface area contributed by atoms with Gasteiger partial charge in [0.15, 0.2) is 10.9 Å². The number of carbonyl (C=O) groups excluding carboxylic acids is 2. The van der Waals surface area contributed by atoms with E-state index in [1.807, 2.05) is 19.1 Å². The Bertz CT molecular complexity index is 825. The number of amides is 1. The van der Waals surface area contributed by atoms with Gasteiger partial charge in [-0.05, 0) is 37.1 Å². The molecule has 1 fully saturated rings. The highest BCUT2D eigenvalue weighted by Crippen LogP contribution is 2.22. The Labute approximate surface area is 149 Å². The van der Waals surface area contributed by atoms with Gasteiger partial charge in [0, 0.05) is 30.8 Å². The van der Waals surface area contributed by atoms with E-state index in [-0.39, 0.29) is 23.1 Å². The molecule has 2 heterocycles.